The minimum Gasteiger partial charge on any atom is -0.469 e. The molecule has 2 rings (SSSR count). The van der Waals surface area contributed by atoms with Gasteiger partial charge in [0.25, 0.3) is 0 Å². The molecule has 0 radical (unpaired) electrons. The Morgan fingerprint density at radius 3 is 2.44 bits per heavy atom. The molecule has 0 N–H and O–H groups in total. The number of hydrogen-bond donors (Lipinski definition) is 0. The van der Waals surface area contributed by atoms with Gasteiger partial charge < -0.3 is 9.47 Å². The average molecular weight is 248 g/mol. The standard InChI is InChI=1S/C15H20O3/c1-3-4-12-5-7-13(8-6-12)15(10-18-11-15)9-14(16)17-2/h5-8H,3-4,9-11H2,1-2H3. The van der Waals surface area contributed by atoms with Crippen LogP contribution in [-0.2, 0) is 26.1 Å². The first-order valence-corrected chi connectivity index (χ1v) is 6.44. The van der Waals surface area contributed by atoms with E-state index in [-0.39, 0.29) is 11.4 Å². The minimum atomic E-state index is -0.170. The predicted octanol–water partition coefficient (Wildman–Crippen LogP) is 2.47. The summed E-state index contributed by atoms with van der Waals surface area (Å²) in [7, 11) is 1.43. The van der Waals surface area contributed by atoms with Crippen molar-refractivity contribution < 1.29 is 14.3 Å². The van der Waals surface area contributed by atoms with Gasteiger partial charge in [-0.15, -0.1) is 0 Å². The summed E-state index contributed by atoms with van der Waals surface area (Å²) >= 11 is 0. The van der Waals surface area contributed by atoms with Gasteiger partial charge >= 0.3 is 5.97 Å². The van der Waals surface area contributed by atoms with Crippen LogP contribution in [0, 0.1) is 0 Å². The van der Waals surface area contributed by atoms with Gasteiger partial charge in [-0.25, -0.2) is 0 Å². The summed E-state index contributed by atoms with van der Waals surface area (Å²) in [4.78, 5) is 11.5. The summed E-state index contributed by atoms with van der Waals surface area (Å²) in [5.41, 5.74) is 2.35. The van der Waals surface area contributed by atoms with Crippen LogP contribution in [0.3, 0.4) is 0 Å². The largest absolute Gasteiger partial charge is 0.469 e. The molecule has 98 valence electrons. The maximum atomic E-state index is 11.5. The second-order valence-electron chi connectivity index (χ2n) is 4.97. The van der Waals surface area contributed by atoms with E-state index in [0.29, 0.717) is 19.6 Å². The van der Waals surface area contributed by atoms with Crippen molar-refractivity contribution in [1.29, 1.82) is 0 Å². The van der Waals surface area contributed by atoms with E-state index in [1.807, 2.05) is 0 Å². The highest BCUT2D eigenvalue weighted by atomic mass is 16.5. The van der Waals surface area contributed by atoms with Crippen LogP contribution in [0.4, 0.5) is 0 Å². The van der Waals surface area contributed by atoms with E-state index >= 15 is 0 Å². The number of carbonyl (C=O) groups excluding carboxylic acids is 1. The number of aryl methyl sites for hydroxylation is 1. The summed E-state index contributed by atoms with van der Waals surface area (Å²) < 4.78 is 10.1. The zero-order chi connectivity index (χ0) is 13.0. The summed E-state index contributed by atoms with van der Waals surface area (Å²) in [5, 5.41) is 0. The van der Waals surface area contributed by atoms with E-state index in [2.05, 4.69) is 31.2 Å². The molecule has 0 bridgehead atoms. The van der Waals surface area contributed by atoms with Crippen LogP contribution in [0.15, 0.2) is 24.3 Å². The minimum absolute atomic E-state index is 0.169. The molecule has 0 atom stereocenters. The molecule has 1 saturated heterocycles. The summed E-state index contributed by atoms with van der Waals surface area (Å²) in [6.45, 7) is 3.39. The van der Waals surface area contributed by atoms with Crippen molar-refractivity contribution in [3.05, 3.63) is 35.4 Å². The zero-order valence-corrected chi connectivity index (χ0v) is 11.1. The molecule has 0 saturated carbocycles. The van der Waals surface area contributed by atoms with E-state index in [1.165, 1.54) is 18.2 Å². The number of hydrogen-bond acceptors (Lipinski definition) is 3. The number of rotatable bonds is 5. The molecule has 0 aliphatic carbocycles. The molecular weight excluding hydrogens is 228 g/mol. The van der Waals surface area contributed by atoms with E-state index < -0.39 is 0 Å². The zero-order valence-electron chi connectivity index (χ0n) is 11.1. The third kappa shape index (κ3) is 2.56. The van der Waals surface area contributed by atoms with Crippen molar-refractivity contribution in [2.75, 3.05) is 20.3 Å². The van der Waals surface area contributed by atoms with Crippen LogP contribution in [0.2, 0.25) is 0 Å². The lowest BCUT2D eigenvalue weighted by molar-refractivity contribution is -0.148. The molecule has 0 aromatic heterocycles. The number of methoxy groups -OCH3 is 1. The number of benzene rings is 1. The van der Waals surface area contributed by atoms with Gasteiger partial charge in [0.2, 0.25) is 0 Å². The van der Waals surface area contributed by atoms with Gasteiger partial charge in [-0.05, 0) is 17.5 Å². The molecule has 1 aliphatic rings. The summed E-state index contributed by atoms with van der Waals surface area (Å²) in [6, 6.07) is 8.54. The molecule has 0 spiro atoms. The molecule has 18 heavy (non-hydrogen) atoms. The Morgan fingerprint density at radius 1 is 1.33 bits per heavy atom. The van der Waals surface area contributed by atoms with Gasteiger partial charge in [0.15, 0.2) is 0 Å². The molecule has 0 unspecified atom stereocenters. The summed E-state index contributed by atoms with van der Waals surface area (Å²) in [6.07, 6.45) is 2.65. The van der Waals surface area contributed by atoms with Crippen molar-refractivity contribution in [2.45, 2.75) is 31.6 Å². The first-order chi connectivity index (χ1) is 8.70. The maximum Gasteiger partial charge on any atom is 0.306 e. The Labute approximate surface area is 108 Å². The third-order valence-corrected chi connectivity index (χ3v) is 3.57. The second kappa shape index (κ2) is 5.53. The molecule has 0 amide bonds. The van der Waals surface area contributed by atoms with Crippen LogP contribution in [0.1, 0.15) is 30.9 Å². The first-order valence-electron chi connectivity index (χ1n) is 6.44. The van der Waals surface area contributed by atoms with E-state index in [0.717, 1.165) is 12.8 Å². The SMILES string of the molecule is CCCc1ccc(C2(CC(=O)OC)COC2)cc1. The van der Waals surface area contributed by atoms with Gasteiger partial charge in [-0.3, -0.25) is 4.79 Å². The van der Waals surface area contributed by atoms with E-state index in [4.69, 9.17) is 9.47 Å². The lowest BCUT2D eigenvalue weighted by atomic mass is 9.75. The fourth-order valence-electron chi connectivity index (χ4n) is 2.38. The van der Waals surface area contributed by atoms with Gasteiger partial charge in [0.1, 0.15) is 0 Å². The Hall–Kier alpha value is -1.35. The van der Waals surface area contributed by atoms with Crippen molar-refractivity contribution in [3.63, 3.8) is 0 Å². The lowest BCUT2D eigenvalue weighted by Crippen LogP contribution is -2.48. The van der Waals surface area contributed by atoms with Crippen molar-refractivity contribution in [3.8, 4) is 0 Å². The van der Waals surface area contributed by atoms with Gasteiger partial charge in [0, 0.05) is 0 Å². The van der Waals surface area contributed by atoms with E-state index in [9.17, 15) is 4.79 Å². The molecule has 1 aliphatic heterocycles. The number of carbonyl (C=O) groups is 1. The average Bonchev–Trinajstić information content (AvgIpc) is 2.35. The Kier molecular flexibility index (Phi) is 4.02. The van der Waals surface area contributed by atoms with Crippen molar-refractivity contribution in [1.82, 2.24) is 0 Å². The molecule has 3 nitrogen and oxygen atoms in total. The van der Waals surface area contributed by atoms with Gasteiger partial charge in [-0.2, -0.15) is 0 Å². The van der Waals surface area contributed by atoms with Crippen LogP contribution in [0.5, 0.6) is 0 Å². The van der Waals surface area contributed by atoms with Gasteiger partial charge in [0.05, 0.1) is 32.2 Å². The Balaban J connectivity index is 2.14. The first kappa shape index (κ1) is 13.1. The number of ether oxygens (including phenoxy) is 2. The Bertz CT molecular complexity index is 404. The van der Waals surface area contributed by atoms with Crippen molar-refractivity contribution in [2.24, 2.45) is 0 Å². The highest BCUT2D eigenvalue weighted by molar-refractivity contribution is 5.71. The smallest absolute Gasteiger partial charge is 0.306 e. The maximum absolute atomic E-state index is 11.5. The second-order valence-corrected chi connectivity index (χ2v) is 4.97. The molecular formula is C15H20O3. The number of esters is 1. The van der Waals surface area contributed by atoms with E-state index in [1.54, 1.807) is 0 Å². The van der Waals surface area contributed by atoms with Crippen LogP contribution in [-0.4, -0.2) is 26.3 Å². The fraction of sp³-hybridized carbons (Fsp3) is 0.533. The molecule has 1 aromatic carbocycles. The Morgan fingerprint density at radius 2 is 2.00 bits per heavy atom. The lowest BCUT2D eigenvalue weighted by Gasteiger charge is -2.41. The van der Waals surface area contributed by atoms with Gasteiger partial charge in [-0.1, -0.05) is 37.6 Å². The predicted molar refractivity (Wildman–Crippen MR) is 69.6 cm³/mol. The molecule has 1 aromatic rings. The van der Waals surface area contributed by atoms with Crippen LogP contribution < -0.4 is 0 Å². The topological polar surface area (TPSA) is 35.5 Å². The summed E-state index contributed by atoms with van der Waals surface area (Å²) in [5.74, 6) is -0.170. The molecule has 3 heteroatoms. The third-order valence-electron chi connectivity index (χ3n) is 3.57. The van der Waals surface area contributed by atoms with Crippen LogP contribution in [0.25, 0.3) is 0 Å². The normalized spacial score (nSPS) is 17.0. The van der Waals surface area contributed by atoms with Crippen molar-refractivity contribution >= 4 is 5.97 Å². The molecule has 1 fully saturated rings. The molecule has 1 heterocycles. The van der Waals surface area contributed by atoms with Crippen LogP contribution >= 0.6 is 0 Å². The fourth-order valence-corrected chi connectivity index (χ4v) is 2.38. The highest BCUT2D eigenvalue weighted by Gasteiger charge is 2.42. The monoisotopic (exact) mass is 248 g/mol. The highest BCUT2D eigenvalue weighted by Crippen LogP contribution is 2.36. The quantitative estimate of drug-likeness (QED) is 0.751.